The van der Waals surface area contributed by atoms with Crippen LogP contribution in [0.3, 0.4) is 0 Å². The minimum Gasteiger partial charge on any atom is -0.292 e. The number of carbonyl (C=O) groups excluding carboxylic acids is 1. The van der Waals surface area contributed by atoms with Crippen LogP contribution in [0.5, 0.6) is 0 Å². The highest BCUT2D eigenvalue weighted by Gasteiger charge is 2.14. The van der Waals surface area contributed by atoms with Crippen molar-refractivity contribution in [2.24, 2.45) is 0 Å². The van der Waals surface area contributed by atoms with Crippen LogP contribution in [0.1, 0.15) is 9.67 Å². The predicted octanol–water partition coefficient (Wildman–Crippen LogP) is 2.20. The number of hydrogen-bond acceptors (Lipinski definition) is 5. The smallest absolute Gasteiger partial charge is 0.292 e. The monoisotopic (exact) mass is 217 g/mol. The van der Waals surface area contributed by atoms with E-state index in [9.17, 15) is 14.9 Å². The van der Waals surface area contributed by atoms with Crippen LogP contribution >= 0.6 is 23.1 Å². The largest absolute Gasteiger partial charge is 0.324 e. The van der Waals surface area contributed by atoms with Gasteiger partial charge in [0.2, 0.25) is 0 Å². The zero-order chi connectivity index (χ0) is 9.84. The molecule has 0 saturated carbocycles. The summed E-state index contributed by atoms with van der Waals surface area (Å²) in [4.78, 5) is 21.5. The summed E-state index contributed by atoms with van der Waals surface area (Å²) in [5, 5.41) is 10.3. The van der Waals surface area contributed by atoms with E-state index in [1.807, 2.05) is 6.26 Å². The van der Waals surface area contributed by atoms with Gasteiger partial charge in [-0.25, -0.2) is 0 Å². The average molecular weight is 217 g/mol. The molecular formula is C7H7NO3S2. The molecule has 0 aromatic carbocycles. The Kier molecular flexibility index (Phi) is 3.44. The first-order chi connectivity index (χ1) is 6.15. The number of thioether (sulfide) groups is 1. The third-order valence-electron chi connectivity index (χ3n) is 1.32. The molecule has 0 aliphatic carbocycles. The average Bonchev–Trinajstić information content (AvgIpc) is 2.52. The summed E-state index contributed by atoms with van der Waals surface area (Å²) in [6.45, 7) is 0. The quantitative estimate of drug-likeness (QED) is 0.440. The van der Waals surface area contributed by atoms with Crippen molar-refractivity contribution >= 4 is 33.9 Å². The molecule has 0 unspecified atom stereocenters. The number of carbonyl (C=O) groups is 1. The zero-order valence-electron chi connectivity index (χ0n) is 6.85. The molecule has 0 aliphatic heterocycles. The van der Waals surface area contributed by atoms with E-state index in [1.165, 1.54) is 23.9 Å². The van der Waals surface area contributed by atoms with Gasteiger partial charge < -0.3 is 0 Å². The number of nitro groups is 1. The van der Waals surface area contributed by atoms with Gasteiger partial charge in [-0.2, -0.15) is 11.8 Å². The molecule has 0 bridgehead atoms. The van der Waals surface area contributed by atoms with Gasteiger partial charge in [0, 0.05) is 6.07 Å². The van der Waals surface area contributed by atoms with E-state index in [-0.39, 0.29) is 10.8 Å². The Labute approximate surface area is 83.1 Å². The molecule has 0 fully saturated rings. The molecule has 0 N–H and O–H groups in total. The summed E-state index contributed by atoms with van der Waals surface area (Å²) in [6, 6.07) is 2.86. The van der Waals surface area contributed by atoms with Crippen molar-refractivity contribution < 1.29 is 9.72 Å². The van der Waals surface area contributed by atoms with E-state index >= 15 is 0 Å². The van der Waals surface area contributed by atoms with Gasteiger partial charge in [-0.1, -0.05) is 11.3 Å². The van der Waals surface area contributed by atoms with E-state index in [2.05, 4.69) is 0 Å². The highest BCUT2D eigenvalue weighted by atomic mass is 32.2. The predicted molar refractivity (Wildman–Crippen MR) is 53.7 cm³/mol. The summed E-state index contributed by atoms with van der Waals surface area (Å²) in [6.07, 6.45) is 1.82. The summed E-state index contributed by atoms with van der Waals surface area (Å²) in [5.41, 5.74) is 0. The highest BCUT2D eigenvalue weighted by Crippen LogP contribution is 2.24. The van der Waals surface area contributed by atoms with Gasteiger partial charge in [0.25, 0.3) is 0 Å². The van der Waals surface area contributed by atoms with Gasteiger partial charge >= 0.3 is 5.00 Å². The maximum atomic E-state index is 11.2. The molecule has 0 radical (unpaired) electrons. The Morgan fingerprint density at radius 2 is 2.38 bits per heavy atom. The summed E-state index contributed by atoms with van der Waals surface area (Å²) < 4.78 is 0. The van der Waals surface area contributed by atoms with Crippen LogP contribution in [-0.2, 0) is 0 Å². The van der Waals surface area contributed by atoms with Crippen molar-refractivity contribution in [1.82, 2.24) is 0 Å². The first-order valence-electron chi connectivity index (χ1n) is 3.41. The van der Waals surface area contributed by atoms with E-state index in [0.717, 1.165) is 11.3 Å². The number of nitrogens with zero attached hydrogens (tertiary/aromatic N) is 1. The van der Waals surface area contributed by atoms with Crippen molar-refractivity contribution in [2.45, 2.75) is 0 Å². The van der Waals surface area contributed by atoms with Gasteiger partial charge in [-0.05, 0) is 12.3 Å². The van der Waals surface area contributed by atoms with Crippen molar-refractivity contribution in [1.29, 1.82) is 0 Å². The summed E-state index contributed by atoms with van der Waals surface area (Å²) >= 11 is 2.34. The molecule has 1 rings (SSSR count). The van der Waals surface area contributed by atoms with Crippen LogP contribution in [0, 0.1) is 10.1 Å². The second-order valence-corrected chi connectivity index (χ2v) is 4.18. The lowest BCUT2D eigenvalue weighted by Crippen LogP contribution is -1.97. The number of Topliss-reactive ketones (excluding diaryl/α,β-unsaturated/α-hetero) is 1. The third kappa shape index (κ3) is 2.53. The Bertz CT molecular complexity index is 334. The maximum absolute atomic E-state index is 11.2. The molecule has 1 aromatic heterocycles. The van der Waals surface area contributed by atoms with Gasteiger partial charge in [-0.3, -0.25) is 14.9 Å². The van der Waals surface area contributed by atoms with Gasteiger partial charge in [0.05, 0.1) is 15.6 Å². The first kappa shape index (κ1) is 10.2. The number of hydrogen-bond donors (Lipinski definition) is 0. The molecule has 4 nitrogen and oxygen atoms in total. The van der Waals surface area contributed by atoms with E-state index < -0.39 is 4.92 Å². The molecular weight excluding hydrogens is 210 g/mol. The molecule has 0 atom stereocenters. The van der Waals surface area contributed by atoms with Crippen LogP contribution in [0.25, 0.3) is 0 Å². The topological polar surface area (TPSA) is 60.2 Å². The molecule has 1 aromatic rings. The van der Waals surface area contributed by atoms with Crippen molar-refractivity contribution in [2.75, 3.05) is 12.0 Å². The lowest BCUT2D eigenvalue weighted by Gasteiger charge is -1.90. The highest BCUT2D eigenvalue weighted by molar-refractivity contribution is 7.99. The number of thiophene rings is 1. The van der Waals surface area contributed by atoms with Crippen LogP contribution in [0.4, 0.5) is 5.00 Å². The van der Waals surface area contributed by atoms with Gasteiger partial charge in [-0.15, -0.1) is 0 Å². The third-order valence-corrected chi connectivity index (χ3v) is 2.95. The minimum absolute atomic E-state index is 0.0180. The SMILES string of the molecule is CSCC(=O)c1ccc([N+](=O)[O-])s1. The van der Waals surface area contributed by atoms with Crippen molar-refractivity contribution in [3.63, 3.8) is 0 Å². The number of ketones is 1. The molecule has 13 heavy (non-hydrogen) atoms. The Morgan fingerprint density at radius 1 is 1.69 bits per heavy atom. The van der Waals surface area contributed by atoms with Crippen LogP contribution < -0.4 is 0 Å². The van der Waals surface area contributed by atoms with Gasteiger partial charge in [0.1, 0.15) is 0 Å². The van der Waals surface area contributed by atoms with Crippen molar-refractivity contribution in [3.8, 4) is 0 Å². The Balaban J connectivity index is 2.79. The Morgan fingerprint density at radius 3 is 2.85 bits per heavy atom. The van der Waals surface area contributed by atoms with Crippen LogP contribution in [0.2, 0.25) is 0 Å². The summed E-state index contributed by atoms with van der Waals surface area (Å²) in [7, 11) is 0. The van der Waals surface area contributed by atoms with Crippen LogP contribution in [0.15, 0.2) is 12.1 Å². The molecule has 0 aliphatic rings. The van der Waals surface area contributed by atoms with Crippen LogP contribution in [-0.4, -0.2) is 22.7 Å². The normalized spacial score (nSPS) is 9.92. The lowest BCUT2D eigenvalue weighted by atomic mass is 10.3. The summed E-state index contributed by atoms with van der Waals surface area (Å²) in [5.74, 6) is 0.322. The lowest BCUT2D eigenvalue weighted by molar-refractivity contribution is -0.380. The second kappa shape index (κ2) is 4.38. The second-order valence-electron chi connectivity index (χ2n) is 2.25. The molecule has 0 saturated heterocycles. The van der Waals surface area contributed by atoms with Crippen molar-refractivity contribution in [3.05, 3.63) is 27.1 Å². The van der Waals surface area contributed by atoms with Gasteiger partial charge in [0.15, 0.2) is 5.78 Å². The molecule has 1 heterocycles. The fourth-order valence-electron chi connectivity index (χ4n) is 0.778. The molecule has 70 valence electrons. The maximum Gasteiger partial charge on any atom is 0.324 e. The van der Waals surface area contributed by atoms with E-state index in [0.29, 0.717) is 10.6 Å². The molecule has 0 amide bonds. The Hall–Kier alpha value is -0.880. The zero-order valence-corrected chi connectivity index (χ0v) is 8.48. The fourth-order valence-corrected chi connectivity index (χ4v) is 2.04. The fraction of sp³-hybridized carbons (Fsp3) is 0.286. The minimum atomic E-state index is -0.486. The van der Waals surface area contributed by atoms with E-state index in [4.69, 9.17) is 0 Å². The van der Waals surface area contributed by atoms with E-state index in [1.54, 1.807) is 0 Å². The standard InChI is InChI=1S/C7H7NO3S2/c1-12-4-5(9)6-2-3-7(13-6)8(10)11/h2-3H,4H2,1H3. The number of rotatable bonds is 4. The molecule has 6 heteroatoms. The molecule has 0 spiro atoms. The first-order valence-corrected chi connectivity index (χ1v) is 5.62.